The third kappa shape index (κ3) is 5.49. The van der Waals surface area contributed by atoms with Gasteiger partial charge in [0.15, 0.2) is 35.8 Å². The average molecular weight is 632 g/mol. The van der Waals surface area contributed by atoms with Crippen LogP contribution >= 0.6 is 11.6 Å². The molecule has 1 aromatic heterocycles. The minimum absolute atomic E-state index is 0.0732. The fraction of sp³-hybridized carbons (Fsp3) is 0.188. The molecule has 2 amide bonds. The third-order valence-electron chi connectivity index (χ3n) is 7.34. The van der Waals surface area contributed by atoms with E-state index in [2.05, 4.69) is 4.98 Å². The summed E-state index contributed by atoms with van der Waals surface area (Å²) in [5.41, 5.74) is 0.145. The van der Waals surface area contributed by atoms with Gasteiger partial charge < -0.3 is 14.2 Å². The second-order valence-corrected chi connectivity index (χ2v) is 10.3. The Bertz CT molecular complexity index is 1760. The summed E-state index contributed by atoms with van der Waals surface area (Å²) in [4.78, 5) is 70.1. The van der Waals surface area contributed by atoms with Crippen molar-refractivity contribution in [3.63, 3.8) is 0 Å². The summed E-state index contributed by atoms with van der Waals surface area (Å²) in [5, 5.41) is 0. The monoisotopic (exact) mass is 631 g/mol. The second-order valence-electron chi connectivity index (χ2n) is 10.1. The summed E-state index contributed by atoms with van der Waals surface area (Å²) in [6, 6.07) is 21.9. The molecule has 0 unspecified atom stereocenters. The first-order valence-corrected chi connectivity index (χ1v) is 14.2. The molecule has 3 heterocycles. The summed E-state index contributed by atoms with van der Waals surface area (Å²) in [7, 11) is 0. The van der Waals surface area contributed by atoms with Crippen molar-refractivity contribution in [1.82, 2.24) is 9.55 Å². The van der Waals surface area contributed by atoms with Gasteiger partial charge in [0.05, 0.1) is 34.5 Å². The Morgan fingerprint density at radius 1 is 0.844 bits per heavy atom. The number of hydrogen-bond donors (Lipinski definition) is 0. The van der Waals surface area contributed by atoms with Crippen LogP contribution < -0.4 is 4.90 Å². The fourth-order valence-corrected chi connectivity index (χ4v) is 5.30. The molecule has 45 heavy (non-hydrogen) atoms. The largest absolute Gasteiger partial charge is 0.459 e. The molecule has 0 bridgehead atoms. The molecule has 0 aliphatic carbocycles. The number of carbonyl (C=O) groups excluding carboxylic acids is 5. The second kappa shape index (κ2) is 12.4. The van der Waals surface area contributed by atoms with Crippen molar-refractivity contribution in [3.8, 4) is 0 Å². The van der Waals surface area contributed by atoms with Crippen molar-refractivity contribution in [2.75, 3.05) is 17.4 Å². The van der Waals surface area contributed by atoms with E-state index in [-0.39, 0.29) is 33.8 Å². The molecule has 2 aliphatic rings. The lowest BCUT2D eigenvalue weighted by atomic mass is 10.1. The molecular weight excluding hydrogens is 609 g/mol. The van der Waals surface area contributed by atoms with Gasteiger partial charge in [0.1, 0.15) is 12.7 Å². The highest BCUT2D eigenvalue weighted by atomic mass is 35.5. The minimum Gasteiger partial charge on any atom is -0.459 e. The van der Waals surface area contributed by atoms with Gasteiger partial charge in [-0.05, 0) is 36.4 Å². The van der Waals surface area contributed by atoms with E-state index in [0.717, 1.165) is 10.9 Å². The van der Waals surface area contributed by atoms with Gasteiger partial charge in [-0.3, -0.25) is 19.0 Å². The lowest BCUT2D eigenvalue weighted by Gasteiger charge is -2.22. The Kier molecular flexibility index (Phi) is 8.24. The lowest BCUT2D eigenvalue weighted by molar-refractivity contribution is -0.0575. The standard InChI is InChI=1S/C32H23ClFN3O8/c33-15-22(38)25-27(37-28(39)20-13-7-8-14-21(20)29(37)40)36(17-35-25)30-24(34)26(45-32(42)19-11-5-2-6-12-19)23(44-30)16-43-31(41)18-9-3-1-4-10-18/h1-14,17,23-24,26,30H,15-16H2/t23-,24-,26-,30-/m1/s1. The molecule has 0 N–H and O–H groups in total. The molecule has 2 aliphatic heterocycles. The number of ether oxygens (including phenoxy) is 3. The predicted octanol–water partition coefficient (Wildman–Crippen LogP) is 4.42. The van der Waals surface area contributed by atoms with E-state index in [1.54, 1.807) is 48.5 Å². The first-order chi connectivity index (χ1) is 21.8. The number of alkyl halides is 2. The molecule has 6 rings (SSSR count). The molecule has 3 aromatic carbocycles. The number of anilines is 1. The van der Waals surface area contributed by atoms with E-state index in [4.69, 9.17) is 25.8 Å². The van der Waals surface area contributed by atoms with Crippen LogP contribution in [0.2, 0.25) is 0 Å². The van der Waals surface area contributed by atoms with Crippen molar-refractivity contribution >= 4 is 47.0 Å². The Balaban J connectivity index is 1.36. The first-order valence-electron chi connectivity index (χ1n) is 13.7. The number of aromatic nitrogens is 2. The average Bonchev–Trinajstić information content (AvgIpc) is 3.71. The number of halogens is 2. The Labute approximate surface area is 260 Å². The number of rotatable bonds is 9. The highest BCUT2D eigenvalue weighted by Gasteiger charge is 2.51. The summed E-state index contributed by atoms with van der Waals surface area (Å²) >= 11 is 5.81. The third-order valence-corrected chi connectivity index (χ3v) is 7.58. The Morgan fingerprint density at radius 2 is 1.40 bits per heavy atom. The van der Waals surface area contributed by atoms with E-state index in [1.165, 1.54) is 36.4 Å². The Morgan fingerprint density at radius 3 is 1.98 bits per heavy atom. The van der Waals surface area contributed by atoms with E-state index in [0.29, 0.717) is 4.90 Å². The smallest absolute Gasteiger partial charge is 0.338 e. The molecule has 0 saturated carbocycles. The number of ketones is 1. The number of fused-ring (bicyclic) bond motifs is 1. The number of amides is 2. The van der Waals surface area contributed by atoms with Gasteiger partial charge in [0.25, 0.3) is 11.8 Å². The van der Waals surface area contributed by atoms with Crippen LogP contribution in [-0.2, 0) is 14.2 Å². The molecule has 4 atom stereocenters. The number of esters is 2. The zero-order chi connectivity index (χ0) is 31.7. The molecule has 13 heteroatoms. The number of benzene rings is 3. The van der Waals surface area contributed by atoms with Crippen LogP contribution in [0.4, 0.5) is 10.2 Å². The minimum atomic E-state index is -2.14. The van der Waals surface area contributed by atoms with Crippen LogP contribution in [0.3, 0.4) is 0 Å². The predicted molar refractivity (Wildman–Crippen MR) is 156 cm³/mol. The van der Waals surface area contributed by atoms with Crippen molar-refractivity contribution in [3.05, 3.63) is 119 Å². The Hall–Kier alpha value is -5.20. The molecule has 1 fully saturated rings. The van der Waals surface area contributed by atoms with Crippen molar-refractivity contribution in [2.45, 2.75) is 24.6 Å². The maximum Gasteiger partial charge on any atom is 0.338 e. The van der Waals surface area contributed by atoms with E-state index >= 15 is 4.39 Å². The summed E-state index contributed by atoms with van der Waals surface area (Å²) in [6.07, 6.45) is -5.74. The van der Waals surface area contributed by atoms with Crippen LogP contribution in [0.5, 0.6) is 0 Å². The molecule has 228 valence electrons. The normalized spacial score (nSPS) is 20.6. The van der Waals surface area contributed by atoms with Crippen LogP contribution in [0, 0.1) is 0 Å². The van der Waals surface area contributed by atoms with Gasteiger partial charge in [-0.1, -0.05) is 48.5 Å². The molecule has 11 nitrogen and oxygen atoms in total. The number of hydrogen-bond acceptors (Lipinski definition) is 9. The van der Waals surface area contributed by atoms with Gasteiger partial charge in [-0.15, -0.1) is 11.6 Å². The maximum atomic E-state index is 16.4. The highest BCUT2D eigenvalue weighted by Crippen LogP contribution is 2.40. The summed E-state index contributed by atoms with van der Waals surface area (Å²) in [5.74, 6) is -4.78. The van der Waals surface area contributed by atoms with Gasteiger partial charge in [0.2, 0.25) is 0 Å². The van der Waals surface area contributed by atoms with Crippen molar-refractivity contribution < 1.29 is 42.6 Å². The quantitative estimate of drug-likeness (QED) is 0.114. The first kappa shape index (κ1) is 29.9. The van der Waals surface area contributed by atoms with Crippen LogP contribution in [0.1, 0.15) is 58.1 Å². The van der Waals surface area contributed by atoms with Crippen molar-refractivity contribution in [2.24, 2.45) is 0 Å². The molecule has 0 spiro atoms. The van der Waals surface area contributed by atoms with Gasteiger partial charge in [-0.2, -0.15) is 0 Å². The van der Waals surface area contributed by atoms with Crippen LogP contribution in [-0.4, -0.2) is 70.0 Å². The topological polar surface area (TPSA) is 134 Å². The molecule has 1 saturated heterocycles. The molecule has 4 aromatic rings. The SMILES string of the molecule is O=C(OC[C@H]1O[C@@H](n2cnc(C(=O)CCl)c2N2C(=O)c3ccccc3C2=O)[C@H](F)[C@@H]1OC(=O)c1ccccc1)c1ccccc1. The molecule has 0 radical (unpaired) electrons. The van der Waals surface area contributed by atoms with E-state index in [9.17, 15) is 24.0 Å². The zero-order valence-corrected chi connectivity index (χ0v) is 24.0. The number of imidazole rings is 1. The number of imide groups is 1. The highest BCUT2D eigenvalue weighted by molar-refractivity contribution is 6.36. The zero-order valence-electron chi connectivity index (χ0n) is 23.2. The van der Waals surface area contributed by atoms with Crippen LogP contribution in [0.25, 0.3) is 0 Å². The van der Waals surface area contributed by atoms with E-state index < -0.39 is 66.6 Å². The van der Waals surface area contributed by atoms with Crippen molar-refractivity contribution in [1.29, 1.82) is 0 Å². The molecular formula is C32H23ClFN3O8. The summed E-state index contributed by atoms with van der Waals surface area (Å²) < 4.78 is 34.4. The van der Waals surface area contributed by atoms with Gasteiger partial charge in [-0.25, -0.2) is 23.9 Å². The van der Waals surface area contributed by atoms with Gasteiger partial charge >= 0.3 is 11.9 Å². The number of Topliss-reactive ketones (excluding diaryl/α,β-unsaturated/α-hetero) is 1. The number of carbonyl (C=O) groups is 5. The van der Waals surface area contributed by atoms with E-state index in [1.807, 2.05) is 0 Å². The summed E-state index contributed by atoms with van der Waals surface area (Å²) in [6.45, 7) is -0.526. The number of nitrogens with zero attached hydrogens (tertiary/aromatic N) is 3. The fourth-order valence-electron chi connectivity index (χ4n) is 5.18. The van der Waals surface area contributed by atoms with Gasteiger partial charge in [0, 0.05) is 0 Å². The lowest BCUT2D eigenvalue weighted by Crippen LogP contribution is -2.37. The maximum absolute atomic E-state index is 16.4. The van der Waals surface area contributed by atoms with Crippen LogP contribution in [0.15, 0.2) is 91.3 Å².